The highest BCUT2D eigenvalue weighted by Gasteiger charge is 2.42. The Morgan fingerprint density at radius 3 is 1.69 bits per heavy atom. The minimum absolute atomic E-state index is 0.556. The first-order valence-electron chi connectivity index (χ1n) is 10.7. The minimum Gasteiger partial charge on any atom is -0.369 e. The molecule has 3 aromatic rings. The summed E-state index contributed by atoms with van der Waals surface area (Å²) in [5, 5.41) is 3.07. The Morgan fingerprint density at radius 2 is 1.14 bits per heavy atom. The monoisotopic (exact) mass is 396 g/mol. The lowest BCUT2D eigenvalue weighted by molar-refractivity contribution is 0.228. The highest BCUT2D eigenvalue weighted by molar-refractivity contribution is 7.06. The molecule has 3 heteroatoms. The van der Waals surface area contributed by atoms with Crippen molar-refractivity contribution in [1.29, 1.82) is 0 Å². The number of hydrogen-bond donors (Lipinski definition) is 0. The number of piperazine rings is 1. The van der Waals surface area contributed by atoms with E-state index >= 15 is 0 Å². The van der Waals surface area contributed by atoms with Crippen molar-refractivity contribution >= 4 is 24.1 Å². The van der Waals surface area contributed by atoms with Crippen LogP contribution in [0.4, 0.5) is 5.69 Å². The summed E-state index contributed by atoms with van der Waals surface area (Å²) < 4.78 is 0. The highest BCUT2D eigenvalue weighted by atomic mass is 28.3. The summed E-state index contributed by atoms with van der Waals surface area (Å²) in [6, 6.07) is 35.1. The van der Waals surface area contributed by atoms with Gasteiger partial charge in [0, 0.05) is 37.9 Å². The van der Waals surface area contributed by atoms with Gasteiger partial charge < -0.3 is 4.90 Å². The second-order valence-corrected chi connectivity index (χ2v) is 12.0. The lowest BCUT2D eigenvalue weighted by Crippen LogP contribution is -2.58. The molecular weight excluding hydrogens is 368 g/mol. The third-order valence-electron chi connectivity index (χ3n) is 6.62. The van der Waals surface area contributed by atoms with E-state index in [2.05, 4.69) is 113 Å². The summed E-state index contributed by atoms with van der Waals surface area (Å²) in [6.07, 6.45) is 2.52. The zero-order chi connectivity index (χ0) is 19.5. The van der Waals surface area contributed by atoms with Crippen molar-refractivity contribution in [2.45, 2.75) is 12.1 Å². The van der Waals surface area contributed by atoms with Gasteiger partial charge in [-0.05, 0) is 28.6 Å². The topological polar surface area (TPSA) is 6.48 Å². The van der Waals surface area contributed by atoms with Crippen molar-refractivity contribution in [3.8, 4) is 0 Å². The van der Waals surface area contributed by atoms with Crippen molar-refractivity contribution in [3.63, 3.8) is 0 Å². The van der Waals surface area contributed by atoms with E-state index in [0.717, 1.165) is 26.2 Å². The first-order valence-corrected chi connectivity index (χ1v) is 13.0. The number of benzene rings is 3. The van der Waals surface area contributed by atoms with Gasteiger partial charge in [-0.15, -0.1) is 0 Å². The standard InChI is InChI=1S/C26H28N2Si/c1-4-10-23(11-5-1)27-17-19-28(20-18-27)24-16-21-29(22-24,25-12-6-2-7-13-25)26-14-8-3-9-15-26/h1-16,21,24H,17-20,22H2. The maximum atomic E-state index is 2.70. The molecule has 0 radical (unpaired) electrons. The van der Waals surface area contributed by atoms with Crippen LogP contribution in [0.5, 0.6) is 0 Å². The van der Waals surface area contributed by atoms with Crippen LogP contribution in [0.15, 0.2) is 103 Å². The van der Waals surface area contributed by atoms with Gasteiger partial charge in [0.1, 0.15) is 8.07 Å². The van der Waals surface area contributed by atoms with Crippen molar-refractivity contribution in [2.24, 2.45) is 0 Å². The molecule has 2 heterocycles. The first-order chi connectivity index (χ1) is 14.4. The van der Waals surface area contributed by atoms with Crippen molar-refractivity contribution in [3.05, 3.63) is 103 Å². The minimum atomic E-state index is -1.85. The fraction of sp³-hybridized carbons (Fsp3) is 0.231. The van der Waals surface area contributed by atoms with E-state index in [9.17, 15) is 0 Å². The van der Waals surface area contributed by atoms with E-state index in [1.54, 1.807) is 0 Å². The number of nitrogens with zero attached hydrogens (tertiary/aromatic N) is 2. The van der Waals surface area contributed by atoms with Gasteiger partial charge in [-0.25, -0.2) is 0 Å². The maximum Gasteiger partial charge on any atom is 0.142 e. The van der Waals surface area contributed by atoms with E-state index < -0.39 is 8.07 Å². The Labute approximate surface area is 175 Å². The maximum absolute atomic E-state index is 2.70. The van der Waals surface area contributed by atoms with Crippen LogP contribution in [-0.2, 0) is 0 Å². The normalized spacial score (nSPS) is 21.4. The van der Waals surface area contributed by atoms with Gasteiger partial charge in [-0.1, -0.05) is 90.6 Å². The first kappa shape index (κ1) is 18.4. The van der Waals surface area contributed by atoms with Gasteiger partial charge in [0.15, 0.2) is 0 Å². The Kier molecular flexibility index (Phi) is 5.09. The summed E-state index contributed by atoms with van der Waals surface area (Å²) in [4.78, 5) is 5.23. The molecule has 3 aromatic carbocycles. The zero-order valence-corrected chi connectivity index (χ0v) is 17.8. The van der Waals surface area contributed by atoms with Crippen molar-refractivity contribution in [2.75, 3.05) is 31.1 Å². The highest BCUT2D eigenvalue weighted by Crippen LogP contribution is 2.28. The van der Waals surface area contributed by atoms with Crippen molar-refractivity contribution < 1.29 is 0 Å². The molecule has 5 rings (SSSR count). The smallest absolute Gasteiger partial charge is 0.142 e. The molecule has 1 fully saturated rings. The molecule has 2 nitrogen and oxygen atoms in total. The number of anilines is 1. The summed E-state index contributed by atoms with van der Waals surface area (Å²) in [6.45, 7) is 4.50. The fourth-order valence-corrected chi connectivity index (χ4v) is 9.51. The van der Waals surface area contributed by atoms with Crippen LogP contribution in [0.3, 0.4) is 0 Å². The molecule has 0 N–H and O–H groups in total. The molecule has 0 saturated carbocycles. The molecule has 1 unspecified atom stereocenters. The molecule has 1 atom stereocenters. The Bertz CT molecular complexity index is 908. The van der Waals surface area contributed by atoms with Crippen LogP contribution in [-0.4, -0.2) is 45.2 Å². The number of rotatable bonds is 4. The summed E-state index contributed by atoms with van der Waals surface area (Å²) in [5.41, 5.74) is 3.96. The Balaban J connectivity index is 1.35. The van der Waals surface area contributed by atoms with Crippen LogP contribution in [0.25, 0.3) is 0 Å². The van der Waals surface area contributed by atoms with E-state index in [0.29, 0.717) is 6.04 Å². The van der Waals surface area contributed by atoms with Gasteiger partial charge in [0.25, 0.3) is 0 Å². The quantitative estimate of drug-likeness (QED) is 0.622. The summed E-state index contributed by atoms with van der Waals surface area (Å²) >= 11 is 0. The van der Waals surface area contributed by atoms with Gasteiger partial charge >= 0.3 is 0 Å². The molecule has 146 valence electrons. The third kappa shape index (κ3) is 3.56. The largest absolute Gasteiger partial charge is 0.369 e. The molecule has 0 aromatic heterocycles. The second kappa shape index (κ2) is 8.01. The predicted molar refractivity (Wildman–Crippen MR) is 126 cm³/mol. The summed E-state index contributed by atoms with van der Waals surface area (Å²) in [7, 11) is -1.85. The Hall–Kier alpha value is -2.62. The predicted octanol–water partition coefficient (Wildman–Crippen LogP) is 3.55. The molecule has 29 heavy (non-hydrogen) atoms. The van der Waals surface area contributed by atoms with Gasteiger partial charge in [0.05, 0.1) is 0 Å². The van der Waals surface area contributed by atoms with E-state index in [-0.39, 0.29) is 0 Å². The molecule has 2 aliphatic rings. The van der Waals surface area contributed by atoms with Crippen LogP contribution < -0.4 is 15.3 Å². The average Bonchev–Trinajstić information content (AvgIpc) is 3.28. The zero-order valence-electron chi connectivity index (χ0n) is 16.8. The van der Waals surface area contributed by atoms with E-state index in [1.165, 1.54) is 22.1 Å². The third-order valence-corrected chi connectivity index (χ3v) is 11.2. The number of para-hydroxylation sites is 1. The fourth-order valence-electron chi connectivity index (χ4n) is 5.01. The second-order valence-electron chi connectivity index (χ2n) is 8.19. The summed E-state index contributed by atoms with van der Waals surface area (Å²) in [5.74, 6) is 0. The lowest BCUT2D eigenvalue weighted by Gasteiger charge is -2.40. The molecular formula is C26H28N2Si. The Morgan fingerprint density at radius 1 is 0.621 bits per heavy atom. The SMILES string of the molecule is C1=C[Si](c2ccccc2)(c2ccccc2)CC1N1CCN(c2ccccc2)CC1. The van der Waals surface area contributed by atoms with Crippen molar-refractivity contribution in [1.82, 2.24) is 4.90 Å². The van der Waals surface area contributed by atoms with Crippen LogP contribution >= 0.6 is 0 Å². The van der Waals surface area contributed by atoms with E-state index in [1.807, 2.05) is 0 Å². The van der Waals surface area contributed by atoms with Gasteiger partial charge in [-0.3, -0.25) is 4.90 Å². The molecule has 0 bridgehead atoms. The van der Waals surface area contributed by atoms with E-state index in [4.69, 9.17) is 0 Å². The van der Waals surface area contributed by atoms with Crippen LogP contribution in [0.2, 0.25) is 6.04 Å². The van der Waals surface area contributed by atoms with Gasteiger partial charge in [0.2, 0.25) is 0 Å². The molecule has 2 aliphatic heterocycles. The average molecular weight is 397 g/mol. The molecule has 0 aliphatic carbocycles. The molecule has 0 spiro atoms. The number of hydrogen-bond acceptors (Lipinski definition) is 2. The van der Waals surface area contributed by atoms with Crippen LogP contribution in [0, 0.1) is 0 Å². The molecule has 1 saturated heterocycles. The van der Waals surface area contributed by atoms with Crippen LogP contribution in [0.1, 0.15) is 0 Å². The van der Waals surface area contributed by atoms with Gasteiger partial charge in [-0.2, -0.15) is 0 Å². The lowest BCUT2D eigenvalue weighted by atomic mass is 10.2. The molecule has 0 amide bonds.